The normalized spacial score (nSPS) is 35.6. The van der Waals surface area contributed by atoms with E-state index in [4.69, 9.17) is 4.74 Å². The molecule has 1 spiro atoms. The minimum atomic E-state index is 0.0174. The molecule has 0 saturated carbocycles. The van der Waals surface area contributed by atoms with E-state index in [9.17, 15) is 0 Å². The fraction of sp³-hybridized carbons (Fsp3) is 0.538. The number of hydrogen-bond donors (Lipinski definition) is 1. The number of nitrogens with zero attached hydrogens (tertiary/aromatic N) is 1. The number of hydrogen-bond acceptors (Lipinski definition) is 3. The summed E-state index contributed by atoms with van der Waals surface area (Å²) in [6.07, 6.45) is 4.78. The lowest BCUT2D eigenvalue weighted by Gasteiger charge is -2.52. The molecule has 0 amide bonds. The second-order valence-corrected chi connectivity index (χ2v) is 9.56. The first-order chi connectivity index (χ1) is 14.3. The molecule has 4 aliphatic rings. The van der Waals surface area contributed by atoms with Crippen LogP contribution >= 0.6 is 0 Å². The molecular weight excluding hydrogens is 356 g/mol. The molecule has 1 N–H and O–H groups in total. The van der Waals surface area contributed by atoms with Gasteiger partial charge in [0, 0.05) is 19.1 Å². The molecular formula is C26H32N2O. The molecule has 6 rings (SSSR count). The Morgan fingerprint density at radius 3 is 2.52 bits per heavy atom. The summed E-state index contributed by atoms with van der Waals surface area (Å²) in [5, 5.41) is 3.85. The Hall–Kier alpha value is -1.68. The number of piperidine rings is 1. The lowest BCUT2D eigenvalue weighted by atomic mass is 9.66. The molecule has 5 atom stereocenters. The van der Waals surface area contributed by atoms with Crippen molar-refractivity contribution in [1.29, 1.82) is 0 Å². The van der Waals surface area contributed by atoms with E-state index in [0.717, 1.165) is 25.5 Å². The molecule has 1 unspecified atom stereocenters. The van der Waals surface area contributed by atoms with Crippen LogP contribution in [0.1, 0.15) is 54.1 Å². The summed E-state index contributed by atoms with van der Waals surface area (Å²) in [6, 6.07) is 19.1. The van der Waals surface area contributed by atoms with E-state index >= 15 is 0 Å². The maximum atomic E-state index is 6.47. The topological polar surface area (TPSA) is 27.8 Å². The molecule has 2 fully saturated rings. The highest BCUT2D eigenvalue weighted by Gasteiger charge is 2.64. The van der Waals surface area contributed by atoms with Crippen molar-refractivity contribution in [3.05, 3.63) is 70.8 Å². The molecule has 2 saturated heterocycles. The monoisotopic (exact) mass is 388 g/mol. The molecule has 152 valence electrons. The first-order valence-electron chi connectivity index (χ1n) is 11.6. The highest BCUT2D eigenvalue weighted by molar-refractivity contribution is 5.38. The van der Waals surface area contributed by atoms with Crippen molar-refractivity contribution in [3.8, 4) is 0 Å². The predicted octanol–water partition coefficient (Wildman–Crippen LogP) is 4.29. The van der Waals surface area contributed by atoms with Gasteiger partial charge in [0.15, 0.2) is 0 Å². The van der Waals surface area contributed by atoms with E-state index < -0.39 is 0 Å². The summed E-state index contributed by atoms with van der Waals surface area (Å²) in [4.78, 5) is 2.75. The van der Waals surface area contributed by atoms with Gasteiger partial charge < -0.3 is 10.1 Å². The Balaban J connectivity index is 1.36. The largest absolute Gasteiger partial charge is 0.367 e. The van der Waals surface area contributed by atoms with Gasteiger partial charge in [-0.2, -0.15) is 0 Å². The van der Waals surface area contributed by atoms with E-state index in [2.05, 4.69) is 65.7 Å². The average Bonchev–Trinajstić information content (AvgIpc) is 3.56. The van der Waals surface area contributed by atoms with Gasteiger partial charge in [-0.3, -0.25) is 4.90 Å². The van der Waals surface area contributed by atoms with Gasteiger partial charge in [-0.05, 0) is 59.9 Å². The number of rotatable bonds is 3. The van der Waals surface area contributed by atoms with Crippen LogP contribution in [0, 0.1) is 11.8 Å². The molecule has 3 nitrogen and oxygen atoms in total. The Morgan fingerprint density at radius 1 is 1.03 bits per heavy atom. The van der Waals surface area contributed by atoms with Crippen molar-refractivity contribution in [3.63, 3.8) is 0 Å². The molecule has 29 heavy (non-hydrogen) atoms. The Bertz CT molecular complexity index is 905. The standard InChI is InChI=1S/C26H32N2O/c1-2-18-16-28-14-12-20-8-4-6-10-22(20)25(28)26(17-29-26)23(18)15-24-21-9-5-3-7-19(21)11-13-27-24/h3-10,18,23-25,27H,2,11-17H2,1H3/t18-,23+,24+,25+,26?/m0/s1. The SMILES string of the molecule is CC[C@H]1CN2CCc3ccccc3[C@@H]2C2(CO2)[C@@H]1C[C@H]1NCCc2ccccc21. The molecule has 4 heterocycles. The minimum Gasteiger partial charge on any atom is -0.367 e. The van der Waals surface area contributed by atoms with Crippen LogP contribution in [0.2, 0.25) is 0 Å². The third kappa shape index (κ3) is 2.82. The summed E-state index contributed by atoms with van der Waals surface area (Å²) < 4.78 is 6.47. The lowest BCUT2D eigenvalue weighted by Crippen LogP contribution is -2.56. The van der Waals surface area contributed by atoms with Gasteiger partial charge in [0.05, 0.1) is 12.6 Å². The fourth-order valence-corrected chi connectivity index (χ4v) is 6.74. The smallest absolute Gasteiger partial charge is 0.114 e. The summed E-state index contributed by atoms with van der Waals surface area (Å²) in [7, 11) is 0. The van der Waals surface area contributed by atoms with Gasteiger partial charge in [0.25, 0.3) is 0 Å². The lowest BCUT2D eigenvalue weighted by molar-refractivity contribution is -0.0348. The van der Waals surface area contributed by atoms with Crippen LogP contribution < -0.4 is 5.32 Å². The van der Waals surface area contributed by atoms with Gasteiger partial charge in [0.2, 0.25) is 0 Å². The quantitative estimate of drug-likeness (QED) is 0.795. The molecule has 3 heteroatoms. The van der Waals surface area contributed by atoms with Crippen molar-refractivity contribution in [1.82, 2.24) is 10.2 Å². The van der Waals surface area contributed by atoms with Crippen LogP contribution in [0.3, 0.4) is 0 Å². The van der Waals surface area contributed by atoms with Crippen LogP contribution in [0.5, 0.6) is 0 Å². The average molecular weight is 389 g/mol. The predicted molar refractivity (Wildman–Crippen MR) is 116 cm³/mol. The van der Waals surface area contributed by atoms with E-state index in [-0.39, 0.29) is 5.60 Å². The third-order valence-corrected chi connectivity index (χ3v) is 8.22. The first-order valence-corrected chi connectivity index (χ1v) is 11.6. The molecule has 0 bridgehead atoms. The maximum absolute atomic E-state index is 6.47. The van der Waals surface area contributed by atoms with Crippen molar-refractivity contribution in [2.45, 2.75) is 50.3 Å². The van der Waals surface area contributed by atoms with Gasteiger partial charge in [-0.1, -0.05) is 61.9 Å². The molecule has 4 aliphatic heterocycles. The Morgan fingerprint density at radius 2 is 1.76 bits per heavy atom. The van der Waals surface area contributed by atoms with Crippen molar-refractivity contribution < 1.29 is 4.74 Å². The van der Waals surface area contributed by atoms with Gasteiger partial charge in [0.1, 0.15) is 5.60 Å². The second kappa shape index (κ2) is 6.94. The summed E-state index contributed by atoms with van der Waals surface area (Å²) in [6.45, 7) is 6.81. The van der Waals surface area contributed by atoms with Crippen LogP contribution in [-0.2, 0) is 17.6 Å². The Kier molecular flexibility index (Phi) is 4.33. The van der Waals surface area contributed by atoms with Crippen molar-refractivity contribution in [2.75, 3.05) is 26.2 Å². The molecule has 0 radical (unpaired) electrons. The van der Waals surface area contributed by atoms with Crippen LogP contribution in [-0.4, -0.2) is 36.7 Å². The number of ether oxygens (including phenoxy) is 1. The zero-order chi connectivity index (χ0) is 19.4. The minimum absolute atomic E-state index is 0.0174. The highest BCUT2D eigenvalue weighted by atomic mass is 16.6. The van der Waals surface area contributed by atoms with E-state index in [0.29, 0.717) is 18.0 Å². The third-order valence-electron chi connectivity index (χ3n) is 8.22. The van der Waals surface area contributed by atoms with E-state index in [1.54, 1.807) is 5.56 Å². The summed E-state index contributed by atoms with van der Waals surface area (Å²) in [5.74, 6) is 1.33. The second-order valence-electron chi connectivity index (χ2n) is 9.56. The number of fused-ring (bicyclic) bond motifs is 5. The van der Waals surface area contributed by atoms with E-state index in [1.165, 1.54) is 49.0 Å². The summed E-state index contributed by atoms with van der Waals surface area (Å²) in [5.41, 5.74) is 6.15. The zero-order valence-electron chi connectivity index (χ0n) is 17.4. The Labute approximate surface area is 174 Å². The highest BCUT2D eigenvalue weighted by Crippen LogP contribution is 2.58. The first kappa shape index (κ1) is 18.1. The fourth-order valence-electron chi connectivity index (χ4n) is 6.74. The van der Waals surface area contributed by atoms with Crippen LogP contribution in [0.4, 0.5) is 0 Å². The van der Waals surface area contributed by atoms with E-state index in [1.807, 2.05) is 0 Å². The van der Waals surface area contributed by atoms with Gasteiger partial charge >= 0.3 is 0 Å². The molecule has 0 aliphatic carbocycles. The van der Waals surface area contributed by atoms with Crippen LogP contribution in [0.25, 0.3) is 0 Å². The maximum Gasteiger partial charge on any atom is 0.114 e. The summed E-state index contributed by atoms with van der Waals surface area (Å²) >= 11 is 0. The zero-order valence-corrected chi connectivity index (χ0v) is 17.4. The number of epoxide rings is 1. The molecule has 2 aromatic carbocycles. The molecule has 2 aromatic rings. The number of benzene rings is 2. The van der Waals surface area contributed by atoms with Crippen molar-refractivity contribution in [2.24, 2.45) is 11.8 Å². The van der Waals surface area contributed by atoms with Crippen molar-refractivity contribution >= 4 is 0 Å². The van der Waals surface area contributed by atoms with Gasteiger partial charge in [-0.15, -0.1) is 0 Å². The van der Waals surface area contributed by atoms with Crippen LogP contribution in [0.15, 0.2) is 48.5 Å². The van der Waals surface area contributed by atoms with Gasteiger partial charge in [-0.25, -0.2) is 0 Å². The number of nitrogens with one attached hydrogen (secondary N) is 1. The molecule has 0 aromatic heterocycles.